The van der Waals surface area contributed by atoms with Crippen LogP contribution >= 0.6 is 0 Å². The fourth-order valence-electron chi connectivity index (χ4n) is 1.86. The Hall–Kier alpha value is -2.15. The molecule has 6 nitrogen and oxygen atoms in total. The number of nitrogens with one attached hydrogen (secondary N) is 2. The summed E-state index contributed by atoms with van der Waals surface area (Å²) < 4.78 is 13.0. The van der Waals surface area contributed by atoms with Crippen LogP contribution in [0.2, 0.25) is 0 Å². The number of amides is 2. The third-order valence-electron chi connectivity index (χ3n) is 2.77. The van der Waals surface area contributed by atoms with Crippen LogP contribution < -0.4 is 16.4 Å². The molecule has 1 fully saturated rings. The van der Waals surface area contributed by atoms with E-state index in [1.807, 2.05) is 0 Å². The van der Waals surface area contributed by atoms with Crippen LogP contribution in [-0.4, -0.2) is 42.9 Å². The summed E-state index contributed by atoms with van der Waals surface area (Å²) in [6.45, 7) is 1.39. The molecule has 0 unspecified atom stereocenters. The van der Waals surface area contributed by atoms with Crippen molar-refractivity contribution in [3.63, 3.8) is 0 Å². The van der Waals surface area contributed by atoms with Crippen LogP contribution in [-0.2, 0) is 9.59 Å². The summed E-state index contributed by atoms with van der Waals surface area (Å²) in [5, 5.41) is 5.21. The van der Waals surface area contributed by atoms with Gasteiger partial charge in [0.15, 0.2) is 0 Å². The van der Waals surface area contributed by atoms with Crippen molar-refractivity contribution in [2.24, 2.45) is 0 Å². The summed E-state index contributed by atoms with van der Waals surface area (Å²) in [6, 6.07) is 3.77. The second-order valence-corrected chi connectivity index (χ2v) is 4.34. The number of nitrogens with zero attached hydrogens (tertiary/aromatic N) is 1. The van der Waals surface area contributed by atoms with Gasteiger partial charge in [0.2, 0.25) is 11.8 Å². The molecule has 1 heterocycles. The first-order valence-electron chi connectivity index (χ1n) is 5.88. The van der Waals surface area contributed by atoms with Crippen LogP contribution in [0.5, 0.6) is 0 Å². The van der Waals surface area contributed by atoms with Gasteiger partial charge in [0.1, 0.15) is 5.82 Å². The van der Waals surface area contributed by atoms with Crippen molar-refractivity contribution >= 4 is 23.2 Å². The lowest BCUT2D eigenvalue weighted by Gasteiger charge is -2.25. The second kappa shape index (κ2) is 5.66. The van der Waals surface area contributed by atoms with Crippen LogP contribution in [0, 0.1) is 5.82 Å². The van der Waals surface area contributed by atoms with Gasteiger partial charge in [-0.05, 0) is 18.2 Å². The predicted octanol–water partition coefficient (Wildman–Crippen LogP) is -0.222. The zero-order chi connectivity index (χ0) is 13.8. The highest BCUT2D eigenvalue weighted by Crippen LogP contribution is 2.19. The molecule has 2 amide bonds. The average molecular weight is 266 g/mol. The van der Waals surface area contributed by atoms with Crippen LogP contribution in [0.4, 0.5) is 15.8 Å². The largest absolute Gasteiger partial charge is 0.397 e. The Bertz CT molecular complexity index is 507. The van der Waals surface area contributed by atoms with E-state index >= 15 is 0 Å². The predicted molar refractivity (Wildman–Crippen MR) is 68.9 cm³/mol. The quantitative estimate of drug-likeness (QED) is 0.660. The second-order valence-electron chi connectivity index (χ2n) is 4.34. The molecule has 19 heavy (non-hydrogen) atoms. The molecule has 2 rings (SSSR count). The van der Waals surface area contributed by atoms with Crippen LogP contribution in [0.25, 0.3) is 0 Å². The van der Waals surface area contributed by atoms with E-state index in [4.69, 9.17) is 5.73 Å². The van der Waals surface area contributed by atoms with E-state index in [-0.39, 0.29) is 30.6 Å². The number of nitrogens with two attached hydrogens (primary N) is 1. The summed E-state index contributed by atoms with van der Waals surface area (Å²) in [5.74, 6) is -0.904. The van der Waals surface area contributed by atoms with E-state index in [9.17, 15) is 14.0 Å². The number of halogens is 1. The Morgan fingerprint density at radius 3 is 3.05 bits per heavy atom. The summed E-state index contributed by atoms with van der Waals surface area (Å²) in [4.78, 5) is 24.7. The van der Waals surface area contributed by atoms with Gasteiger partial charge in [-0.25, -0.2) is 4.39 Å². The Morgan fingerprint density at radius 1 is 1.53 bits per heavy atom. The van der Waals surface area contributed by atoms with Crippen LogP contribution in [0.3, 0.4) is 0 Å². The maximum absolute atomic E-state index is 13.0. The molecule has 7 heteroatoms. The minimum atomic E-state index is -0.471. The number of benzene rings is 1. The monoisotopic (exact) mass is 266 g/mol. The molecule has 1 aliphatic heterocycles. The molecule has 102 valence electrons. The van der Waals surface area contributed by atoms with Crippen molar-refractivity contribution in [1.29, 1.82) is 0 Å². The Balaban J connectivity index is 1.93. The van der Waals surface area contributed by atoms with Crippen molar-refractivity contribution in [2.45, 2.75) is 0 Å². The lowest BCUT2D eigenvalue weighted by Crippen LogP contribution is -2.49. The molecule has 4 N–H and O–H groups in total. The van der Waals surface area contributed by atoms with Gasteiger partial charge in [-0.3, -0.25) is 14.5 Å². The Morgan fingerprint density at radius 2 is 2.32 bits per heavy atom. The van der Waals surface area contributed by atoms with E-state index in [2.05, 4.69) is 10.6 Å². The first-order chi connectivity index (χ1) is 9.04. The van der Waals surface area contributed by atoms with Crippen LogP contribution in [0.15, 0.2) is 18.2 Å². The highest BCUT2D eigenvalue weighted by Gasteiger charge is 2.18. The van der Waals surface area contributed by atoms with E-state index in [0.29, 0.717) is 18.8 Å². The average Bonchev–Trinajstić information content (AvgIpc) is 2.34. The molecule has 1 aromatic carbocycles. The van der Waals surface area contributed by atoms with E-state index in [1.165, 1.54) is 12.1 Å². The van der Waals surface area contributed by atoms with Gasteiger partial charge in [-0.2, -0.15) is 0 Å². The highest BCUT2D eigenvalue weighted by atomic mass is 19.1. The lowest BCUT2D eigenvalue weighted by atomic mass is 10.2. The number of rotatable bonds is 3. The molecule has 0 aromatic heterocycles. The van der Waals surface area contributed by atoms with Gasteiger partial charge >= 0.3 is 0 Å². The van der Waals surface area contributed by atoms with Gasteiger partial charge < -0.3 is 16.4 Å². The normalized spacial score (nSPS) is 15.9. The molecule has 0 atom stereocenters. The zero-order valence-corrected chi connectivity index (χ0v) is 10.3. The number of piperazine rings is 1. The number of hydrogen-bond donors (Lipinski definition) is 3. The van der Waals surface area contributed by atoms with Gasteiger partial charge in [0.05, 0.1) is 24.5 Å². The zero-order valence-electron chi connectivity index (χ0n) is 10.3. The van der Waals surface area contributed by atoms with E-state index in [1.54, 1.807) is 4.90 Å². The number of carbonyl (C=O) groups excluding carboxylic acids is 2. The van der Waals surface area contributed by atoms with Crippen molar-refractivity contribution in [1.82, 2.24) is 10.2 Å². The molecule has 1 aliphatic rings. The minimum absolute atomic E-state index is 0.0728. The number of nitrogen functional groups attached to an aromatic ring is 1. The molecular formula is C12H15FN4O2. The molecular weight excluding hydrogens is 251 g/mol. The fourth-order valence-corrected chi connectivity index (χ4v) is 1.86. The molecule has 0 bridgehead atoms. The molecule has 1 aromatic rings. The van der Waals surface area contributed by atoms with E-state index < -0.39 is 5.82 Å². The third-order valence-corrected chi connectivity index (χ3v) is 2.77. The van der Waals surface area contributed by atoms with Gasteiger partial charge in [-0.1, -0.05) is 0 Å². The first kappa shape index (κ1) is 13.3. The molecule has 0 saturated carbocycles. The number of hydrogen-bond acceptors (Lipinski definition) is 4. The highest BCUT2D eigenvalue weighted by molar-refractivity contribution is 5.95. The Labute approximate surface area is 109 Å². The summed E-state index contributed by atoms with van der Waals surface area (Å²) in [5.41, 5.74) is 6.17. The Kier molecular flexibility index (Phi) is 3.96. The maximum atomic E-state index is 13.0. The molecule has 0 aliphatic carbocycles. The van der Waals surface area contributed by atoms with Gasteiger partial charge in [0.25, 0.3) is 0 Å². The van der Waals surface area contributed by atoms with Crippen molar-refractivity contribution in [3.05, 3.63) is 24.0 Å². The summed E-state index contributed by atoms with van der Waals surface area (Å²) in [6.07, 6.45) is 0. The van der Waals surface area contributed by atoms with Crippen molar-refractivity contribution < 1.29 is 14.0 Å². The smallest absolute Gasteiger partial charge is 0.238 e. The fraction of sp³-hybridized carbons (Fsp3) is 0.333. The van der Waals surface area contributed by atoms with Crippen LogP contribution in [0.1, 0.15) is 0 Å². The maximum Gasteiger partial charge on any atom is 0.238 e. The third kappa shape index (κ3) is 3.65. The summed E-state index contributed by atoms with van der Waals surface area (Å²) in [7, 11) is 0. The molecule has 0 radical (unpaired) electrons. The molecule has 1 saturated heterocycles. The number of anilines is 2. The van der Waals surface area contributed by atoms with E-state index in [0.717, 1.165) is 6.07 Å². The van der Waals surface area contributed by atoms with Crippen molar-refractivity contribution in [2.75, 3.05) is 37.2 Å². The minimum Gasteiger partial charge on any atom is -0.397 e. The summed E-state index contributed by atoms with van der Waals surface area (Å²) >= 11 is 0. The van der Waals surface area contributed by atoms with Gasteiger partial charge in [0, 0.05) is 13.1 Å². The number of carbonyl (C=O) groups is 2. The van der Waals surface area contributed by atoms with Gasteiger partial charge in [-0.15, -0.1) is 0 Å². The standard InChI is InChI=1S/C12H15FN4O2/c13-8-1-2-9(14)10(5-8)16-12(19)7-17-4-3-15-11(18)6-17/h1-2,5H,3-4,6-7,14H2,(H,15,18)(H,16,19). The first-order valence-corrected chi connectivity index (χ1v) is 5.88. The lowest BCUT2D eigenvalue weighted by molar-refractivity contribution is -0.125. The SMILES string of the molecule is Nc1ccc(F)cc1NC(=O)CN1CCNC(=O)C1. The van der Waals surface area contributed by atoms with Crippen molar-refractivity contribution in [3.8, 4) is 0 Å². The topological polar surface area (TPSA) is 87.5 Å². The molecule has 0 spiro atoms.